The van der Waals surface area contributed by atoms with Gasteiger partial charge >= 0.3 is 0 Å². The van der Waals surface area contributed by atoms with Gasteiger partial charge in [-0.15, -0.1) is 0 Å². The molecule has 0 aromatic rings. The molecule has 0 aromatic carbocycles. The summed E-state index contributed by atoms with van der Waals surface area (Å²) >= 11 is 0. The molecule has 4 saturated carbocycles. The fraction of sp³-hybridized carbons (Fsp3) is 0.929. The largest absolute Gasteiger partial charge is 0.390 e. The Bertz CT molecular complexity index is 513. The van der Waals surface area contributed by atoms with Crippen molar-refractivity contribution in [2.75, 3.05) is 12.0 Å². The number of sulfone groups is 1. The van der Waals surface area contributed by atoms with Crippen molar-refractivity contribution in [1.29, 1.82) is 0 Å². The van der Waals surface area contributed by atoms with Crippen molar-refractivity contribution in [1.82, 2.24) is 5.32 Å². The van der Waals surface area contributed by atoms with Crippen LogP contribution in [0.25, 0.3) is 0 Å². The smallest absolute Gasteiger partial charge is 0.221 e. The Labute approximate surface area is 120 Å². The first kappa shape index (κ1) is 14.3. The van der Waals surface area contributed by atoms with Crippen LogP contribution in [0.5, 0.6) is 0 Å². The lowest BCUT2D eigenvalue weighted by Crippen LogP contribution is -2.65. The summed E-state index contributed by atoms with van der Waals surface area (Å²) in [7, 11) is -3.11. The minimum atomic E-state index is -3.11. The lowest BCUT2D eigenvalue weighted by molar-refractivity contribution is -0.150. The van der Waals surface area contributed by atoms with Crippen molar-refractivity contribution in [2.24, 2.45) is 11.8 Å². The second-order valence-electron chi connectivity index (χ2n) is 7.39. The average molecular weight is 301 g/mol. The van der Waals surface area contributed by atoms with Crippen LogP contribution in [-0.4, -0.2) is 42.6 Å². The van der Waals surface area contributed by atoms with E-state index in [0.29, 0.717) is 18.3 Å². The SMILES string of the molecule is CS(=O)(=O)CCC(=O)NC12CC3CC(CC(O)(C3)C1)C2. The topological polar surface area (TPSA) is 83.5 Å². The molecule has 4 fully saturated rings. The molecule has 4 bridgehead atoms. The highest BCUT2D eigenvalue weighted by molar-refractivity contribution is 7.90. The molecule has 114 valence electrons. The molecular formula is C14H23NO4S. The van der Waals surface area contributed by atoms with Crippen molar-refractivity contribution in [3.8, 4) is 0 Å². The van der Waals surface area contributed by atoms with Crippen molar-refractivity contribution in [2.45, 2.75) is 56.1 Å². The number of carbonyl (C=O) groups excluding carboxylic acids is 1. The quantitative estimate of drug-likeness (QED) is 0.797. The van der Waals surface area contributed by atoms with Crippen LogP contribution in [0.4, 0.5) is 0 Å². The first-order valence-electron chi connectivity index (χ1n) is 7.38. The van der Waals surface area contributed by atoms with Gasteiger partial charge in [-0.3, -0.25) is 4.79 Å². The number of hydrogen-bond donors (Lipinski definition) is 2. The van der Waals surface area contributed by atoms with Gasteiger partial charge in [0.2, 0.25) is 5.91 Å². The Kier molecular flexibility index (Phi) is 3.18. The van der Waals surface area contributed by atoms with E-state index in [2.05, 4.69) is 5.32 Å². The van der Waals surface area contributed by atoms with E-state index in [1.54, 1.807) is 0 Å². The first-order chi connectivity index (χ1) is 9.17. The Morgan fingerprint density at radius 1 is 1.25 bits per heavy atom. The molecular weight excluding hydrogens is 278 g/mol. The summed E-state index contributed by atoms with van der Waals surface area (Å²) in [4.78, 5) is 12.0. The van der Waals surface area contributed by atoms with Gasteiger partial charge in [0, 0.05) is 18.2 Å². The number of amides is 1. The van der Waals surface area contributed by atoms with Gasteiger partial charge in [0.25, 0.3) is 0 Å². The zero-order valence-corrected chi connectivity index (χ0v) is 12.7. The van der Waals surface area contributed by atoms with E-state index in [-0.39, 0.29) is 23.6 Å². The molecule has 1 amide bonds. The Hall–Kier alpha value is -0.620. The third-order valence-electron chi connectivity index (χ3n) is 5.13. The molecule has 2 unspecified atom stereocenters. The minimum absolute atomic E-state index is 0.0222. The van der Waals surface area contributed by atoms with Crippen LogP contribution >= 0.6 is 0 Å². The lowest BCUT2D eigenvalue weighted by Gasteiger charge is -2.60. The fourth-order valence-electron chi connectivity index (χ4n) is 5.00. The van der Waals surface area contributed by atoms with Gasteiger partial charge in [0.05, 0.1) is 11.4 Å². The normalized spacial score (nSPS) is 42.7. The van der Waals surface area contributed by atoms with Crippen molar-refractivity contribution < 1.29 is 18.3 Å². The molecule has 0 heterocycles. The molecule has 0 saturated heterocycles. The van der Waals surface area contributed by atoms with Gasteiger partial charge in [-0.1, -0.05) is 0 Å². The van der Waals surface area contributed by atoms with Crippen LogP contribution in [0.2, 0.25) is 0 Å². The Balaban J connectivity index is 1.66. The number of aliphatic hydroxyl groups is 1. The van der Waals surface area contributed by atoms with Crippen LogP contribution < -0.4 is 5.32 Å². The second kappa shape index (κ2) is 4.44. The molecule has 4 rings (SSSR count). The maximum Gasteiger partial charge on any atom is 0.221 e. The monoisotopic (exact) mass is 301 g/mol. The maximum atomic E-state index is 12.0. The molecule has 4 aliphatic carbocycles. The van der Waals surface area contributed by atoms with Crippen molar-refractivity contribution in [3.63, 3.8) is 0 Å². The van der Waals surface area contributed by atoms with E-state index in [1.165, 1.54) is 6.42 Å². The Morgan fingerprint density at radius 2 is 1.85 bits per heavy atom. The highest BCUT2D eigenvalue weighted by Gasteiger charge is 2.57. The third-order valence-corrected chi connectivity index (χ3v) is 6.08. The van der Waals surface area contributed by atoms with Gasteiger partial charge < -0.3 is 10.4 Å². The predicted octanol–water partition coefficient (Wildman–Crippen LogP) is 0.621. The van der Waals surface area contributed by atoms with E-state index < -0.39 is 15.4 Å². The standard InChI is InChI=1S/C14H23NO4S/c1-20(18,19)3-2-12(16)15-13-5-10-4-11(6-13)8-14(17,7-10)9-13/h10-11,17H,2-9H2,1H3,(H,15,16). The molecule has 0 aliphatic heterocycles. The summed E-state index contributed by atoms with van der Waals surface area (Å²) in [6.45, 7) is 0. The predicted molar refractivity (Wildman–Crippen MR) is 74.8 cm³/mol. The van der Waals surface area contributed by atoms with Gasteiger partial charge in [-0.2, -0.15) is 0 Å². The number of carbonyl (C=O) groups is 1. The summed E-state index contributed by atoms with van der Waals surface area (Å²) in [5, 5.41) is 13.7. The number of rotatable bonds is 4. The zero-order valence-electron chi connectivity index (χ0n) is 11.9. The van der Waals surface area contributed by atoms with Gasteiger partial charge in [0.15, 0.2) is 0 Å². The maximum absolute atomic E-state index is 12.0. The van der Waals surface area contributed by atoms with E-state index >= 15 is 0 Å². The van der Waals surface area contributed by atoms with Gasteiger partial charge in [-0.25, -0.2) is 8.42 Å². The molecule has 5 nitrogen and oxygen atoms in total. The third kappa shape index (κ3) is 2.86. The molecule has 2 N–H and O–H groups in total. The fourth-order valence-corrected chi connectivity index (χ4v) is 5.55. The Morgan fingerprint density at radius 3 is 2.35 bits per heavy atom. The molecule has 0 radical (unpaired) electrons. The van der Waals surface area contributed by atoms with Crippen LogP contribution in [0.3, 0.4) is 0 Å². The summed E-state index contributed by atoms with van der Waals surface area (Å²) in [6, 6.07) is 0. The van der Waals surface area contributed by atoms with Crippen LogP contribution in [-0.2, 0) is 14.6 Å². The van der Waals surface area contributed by atoms with E-state index in [9.17, 15) is 18.3 Å². The first-order valence-corrected chi connectivity index (χ1v) is 9.44. The second-order valence-corrected chi connectivity index (χ2v) is 9.65. The lowest BCUT2D eigenvalue weighted by atomic mass is 9.51. The van der Waals surface area contributed by atoms with Crippen LogP contribution in [0.1, 0.15) is 44.9 Å². The van der Waals surface area contributed by atoms with Gasteiger partial charge in [-0.05, 0) is 50.4 Å². The highest BCUT2D eigenvalue weighted by Crippen LogP contribution is 2.57. The van der Waals surface area contributed by atoms with Crippen molar-refractivity contribution >= 4 is 15.7 Å². The van der Waals surface area contributed by atoms with Crippen LogP contribution in [0, 0.1) is 11.8 Å². The number of nitrogens with one attached hydrogen (secondary N) is 1. The van der Waals surface area contributed by atoms with E-state index in [0.717, 1.165) is 31.9 Å². The van der Waals surface area contributed by atoms with Crippen LogP contribution in [0.15, 0.2) is 0 Å². The van der Waals surface area contributed by atoms with Gasteiger partial charge in [0.1, 0.15) is 9.84 Å². The van der Waals surface area contributed by atoms with E-state index in [4.69, 9.17) is 0 Å². The molecule has 2 atom stereocenters. The number of hydrogen-bond acceptors (Lipinski definition) is 4. The highest BCUT2D eigenvalue weighted by atomic mass is 32.2. The summed E-state index contributed by atoms with van der Waals surface area (Å²) in [5.74, 6) is 0.723. The minimum Gasteiger partial charge on any atom is -0.390 e. The summed E-state index contributed by atoms with van der Waals surface area (Å²) < 4.78 is 22.3. The average Bonchev–Trinajstić information content (AvgIpc) is 2.21. The zero-order chi connectivity index (χ0) is 14.6. The van der Waals surface area contributed by atoms with Crippen molar-refractivity contribution in [3.05, 3.63) is 0 Å². The molecule has 20 heavy (non-hydrogen) atoms. The molecule has 0 aromatic heterocycles. The molecule has 0 spiro atoms. The summed E-state index contributed by atoms with van der Waals surface area (Å²) in [6.07, 6.45) is 6.59. The molecule has 4 aliphatic rings. The summed E-state index contributed by atoms with van der Waals surface area (Å²) in [5.41, 5.74) is -0.887. The molecule has 6 heteroatoms. The van der Waals surface area contributed by atoms with E-state index in [1.807, 2.05) is 0 Å².